The van der Waals surface area contributed by atoms with E-state index in [-0.39, 0.29) is 30.8 Å². The van der Waals surface area contributed by atoms with Crippen molar-refractivity contribution in [3.8, 4) is 0 Å². The van der Waals surface area contributed by atoms with E-state index in [2.05, 4.69) is 35.0 Å². The lowest BCUT2D eigenvalue weighted by Gasteiger charge is -2.16. The molecule has 0 aliphatic rings. The van der Waals surface area contributed by atoms with Gasteiger partial charge in [0.1, 0.15) is 5.76 Å². The maximum absolute atomic E-state index is 12.1. The van der Waals surface area contributed by atoms with Crippen LogP contribution < -0.4 is 16.0 Å². The molecule has 6 nitrogen and oxygen atoms in total. The van der Waals surface area contributed by atoms with Crippen molar-refractivity contribution in [1.82, 2.24) is 5.32 Å². The lowest BCUT2D eigenvalue weighted by atomic mass is 10.1. The Bertz CT molecular complexity index is 965. The van der Waals surface area contributed by atoms with Crippen LogP contribution >= 0.6 is 0 Å². The minimum Gasteiger partial charge on any atom is -0.465 e. The van der Waals surface area contributed by atoms with Crippen LogP contribution in [0.3, 0.4) is 0 Å². The van der Waals surface area contributed by atoms with Crippen molar-refractivity contribution < 1.29 is 14.0 Å². The van der Waals surface area contributed by atoms with Gasteiger partial charge in [-0.05, 0) is 55.0 Å². The highest BCUT2D eigenvalue weighted by atomic mass is 16.3. The van der Waals surface area contributed by atoms with Crippen molar-refractivity contribution in [2.45, 2.75) is 19.4 Å². The molecule has 0 bridgehead atoms. The number of hydrogen-bond acceptors (Lipinski definition) is 4. The molecule has 1 unspecified atom stereocenters. The van der Waals surface area contributed by atoms with Crippen molar-refractivity contribution in [3.63, 3.8) is 0 Å². The third kappa shape index (κ3) is 6.67. The molecule has 2 aromatic carbocycles. The fourth-order valence-electron chi connectivity index (χ4n) is 2.85. The molecule has 3 rings (SSSR count). The lowest BCUT2D eigenvalue weighted by molar-refractivity contribution is -0.117. The molecule has 30 heavy (non-hydrogen) atoms. The zero-order valence-corrected chi connectivity index (χ0v) is 16.8. The van der Waals surface area contributed by atoms with Crippen molar-refractivity contribution >= 4 is 29.3 Å². The van der Waals surface area contributed by atoms with Crippen LogP contribution in [0, 0.1) is 0 Å². The van der Waals surface area contributed by atoms with Crippen LogP contribution in [-0.2, 0) is 9.59 Å². The first-order chi connectivity index (χ1) is 14.6. The number of benzene rings is 2. The van der Waals surface area contributed by atoms with Gasteiger partial charge in [0.2, 0.25) is 11.8 Å². The molecule has 3 N–H and O–H groups in total. The molecule has 0 spiro atoms. The molecule has 0 saturated carbocycles. The topological polar surface area (TPSA) is 83.4 Å². The third-order valence-corrected chi connectivity index (χ3v) is 4.44. The van der Waals surface area contributed by atoms with E-state index < -0.39 is 0 Å². The summed E-state index contributed by atoms with van der Waals surface area (Å²) in [5.74, 6) is 0.157. The Morgan fingerprint density at radius 3 is 2.40 bits per heavy atom. The fourth-order valence-corrected chi connectivity index (χ4v) is 2.85. The first-order valence-corrected chi connectivity index (χ1v) is 9.81. The van der Waals surface area contributed by atoms with E-state index in [9.17, 15) is 9.59 Å². The molecule has 3 aromatic rings. The second-order valence-electron chi connectivity index (χ2n) is 6.79. The summed E-state index contributed by atoms with van der Waals surface area (Å²) in [6, 6.07) is 21.4. The number of carbonyl (C=O) groups excluding carboxylic acids is 2. The highest BCUT2D eigenvalue weighted by Gasteiger charge is 2.06. The van der Waals surface area contributed by atoms with Gasteiger partial charge in [-0.2, -0.15) is 0 Å². The van der Waals surface area contributed by atoms with Gasteiger partial charge in [-0.25, -0.2) is 0 Å². The zero-order valence-electron chi connectivity index (χ0n) is 16.8. The molecule has 2 amide bonds. The number of rotatable bonds is 9. The molecule has 1 heterocycles. The highest BCUT2D eigenvalue weighted by molar-refractivity contribution is 5.93. The van der Waals surface area contributed by atoms with Gasteiger partial charge < -0.3 is 20.4 Å². The molecule has 6 heteroatoms. The molecule has 1 aromatic heterocycles. The van der Waals surface area contributed by atoms with Gasteiger partial charge >= 0.3 is 0 Å². The normalized spacial score (nSPS) is 11.8. The summed E-state index contributed by atoms with van der Waals surface area (Å²) in [5.41, 5.74) is 2.89. The molecule has 0 saturated heterocycles. The predicted molar refractivity (Wildman–Crippen MR) is 119 cm³/mol. The summed E-state index contributed by atoms with van der Waals surface area (Å²) in [5, 5.41) is 8.94. The summed E-state index contributed by atoms with van der Waals surface area (Å²) >= 11 is 0. The lowest BCUT2D eigenvalue weighted by Crippen LogP contribution is -2.26. The number of nitrogens with one attached hydrogen (secondary N) is 3. The van der Waals surface area contributed by atoms with E-state index in [0.29, 0.717) is 11.4 Å². The number of hydrogen-bond donors (Lipinski definition) is 3. The Morgan fingerprint density at radius 2 is 1.70 bits per heavy atom. The summed E-state index contributed by atoms with van der Waals surface area (Å²) in [6.07, 6.45) is 4.67. The quantitative estimate of drug-likeness (QED) is 0.456. The van der Waals surface area contributed by atoms with Crippen molar-refractivity contribution in [2.24, 2.45) is 0 Å². The number of amides is 2. The van der Waals surface area contributed by atoms with Gasteiger partial charge in [-0.1, -0.05) is 30.3 Å². The molecule has 0 fully saturated rings. The van der Waals surface area contributed by atoms with Gasteiger partial charge in [0, 0.05) is 36.5 Å². The van der Waals surface area contributed by atoms with Gasteiger partial charge in [-0.15, -0.1) is 0 Å². The summed E-state index contributed by atoms with van der Waals surface area (Å²) < 4.78 is 5.11. The minimum atomic E-state index is -0.276. The Hall–Kier alpha value is -3.80. The van der Waals surface area contributed by atoms with E-state index in [0.717, 1.165) is 5.69 Å². The standard InChI is InChI=1S/C24H25N3O3/c1-18(19-6-3-2-4-7-19)26-20-9-11-21(12-10-20)27-24(29)15-16-25-23(28)14-13-22-8-5-17-30-22/h2-14,17-18,26H,15-16H2,1H3,(H,25,28)(H,27,29)/b14-13+. The van der Waals surface area contributed by atoms with Crippen LogP contribution in [0.2, 0.25) is 0 Å². The minimum absolute atomic E-state index is 0.163. The van der Waals surface area contributed by atoms with E-state index in [1.807, 2.05) is 42.5 Å². The molecular weight excluding hydrogens is 378 g/mol. The van der Waals surface area contributed by atoms with Crippen LogP contribution in [-0.4, -0.2) is 18.4 Å². The van der Waals surface area contributed by atoms with E-state index in [1.54, 1.807) is 18.2 Å². The Kier molecular flexibility index (Phi) is 7.44. The Labute approximate surface area is 176 Å². The SMILES string of the molecule is CC(Nc1ccc(NC(=O)CCNC(=O)/C=C/c2ccco2)cc1)c1ccccc1. The smallest absolute Gasteiger partial charge is 0.244 e. The van der Waals surface area contributed by atoms with Crippen molar-refractivity contribution in [3.05, 3.63) is 90.4 Å². The van der Waals surface area contributed by atoms with Gasteiger partial charge in [0.05, 0.1) is 6.26 Å². The van der Waals surface area contributed by atoms with Gasteiger partial charge in [-0.3, -0.25) is 9.59 Å². The largest absolute Gasteiger partial charge is 0.465 e. The number of carbonyl (C=O) groups is 2. The van der Waals surface area contributed by atoms with Gasteiger partial charge in [0.15, 0.2) is 0 Å². The van der Waals surface area contributed by atoms with Crippen LogP contribution in [0.15, 0.2) is 83.5 Å². The third-order valence-electron chi connectivity index (χ3n) is 4.44. The highest BCUT2D eigenvalue weighted by Crippen LogP contribution is 2.20. The van der Waals surface area contributed by atoms with Crippen LogP contribution in [0.1, 0.15) is 30.7 Å². The summed E-state index contributed by atoms with van der Waals surface area (Å²) in [4.78, 5) is 23.8. The summed E-state index contributed by atoms with van der Waals surface area (Å²) in [7, 11) is 0. The molecule has 1 atom stereocenters. The number of furan rings is 1. The average molecular weight is 403 g/mol. The van der Waals surface area contributed by atoms with E-state index >= 15 is 0 Å². The fraction of sp³-hybridized carbons (Fsp3) is 0.167. The summed E-state index contributed by atoms with van der Waals surface area (Å²) in [6.45, 7) is 2.35. The second kappa shape index (κ2) is 10.7. The first-order valence-electron chi connectivity index (χ1n) is 9.81. The predicted octanol–water partition coefficient (Wildman–Crippen LogP) is 4.61. The average Bonchev–Trinajstić information content (AvgIpc) is 3.28. The van der Waals surface area contributed by atoms with Crippen molar-refractivity contribution in [1.29, 1.82) is 0 Å². The molecule has 0 radical (unpaired) electrons. The maximum Gasteiger partial charge on any atom is 0.244 e. The van der Waals surface area contributed by atoms with Crippen LogP contribution in [0.5, 0.6) is 0 Å². The van der Waals surface area contributed by atoms with Gasteiger partial charge in [0.25, 0.3) is 0 Å². The van der Waals surface area contributed by atoms with E-state index in [1.165, 1.54) is 17.9 Å². The molecular formula is C24H25N3O3. The van der Waals surface area contributed by atoms with Crippen LogP contribution in [0.25, 0.3) is 6.08 Å². The Balaban J connectivity index is 1.39. The first kappa shape index (κ1) is 20.9. The molecule has 154 valence electrons. The maximum atomic E-state index is 12.1. The van der Waals surface area contributed by atoms with Crippen molar-refractivity contribution in [2.75, 3.05) is 17.2 Å². The van der Waals surface area contributed by atoms with E-state index in [4.69, 9.17) is 4.42 Å². The monoisotopic (exact) mass is 403 g/mol. The van der Waals surface area contributed by atoms with Crippen LogP contribution in [0.4, 0.5) is 11.4 Å². The zero-order chi connectivity index (χ0) is 21.2. The molecule has 0 aliphatic heterocycles. The second-order valence-corrected chi connectivity index (χ2v) is 6.79. The Morgan fingerprint density at radius 1 is 0.967 bits per heavy atom. The molecule has 0 aliphatic carbocycles. The number of anilines is 2.